The van der Waals surface area contributed by atoms with Crippen LogP contribution in [0.5, 0.6) is 5.75 Å². The quantitative estimate of drug-likeness (QED) is 0.869. The summed E-state index contributed by atoms with van der Waals surface area (Å²) in [5.41, 5.74) is 2.96. The number of hydrogen-bond donors (Lipinski definition) is 1. The summed E-state index contributed by atoms with van der Waals surface area (Å²) in [6.07, 6.45) is 5.34. The molecule has 1 aromatic heterocycles. The van der Waals surface area contributed by atoms with Crippen LogP contribution in [0.15, 0.2) is 35.5 Å². The van der Waals surface area contributed by atoms with Gasteiger partial charge in [0.05, 0.1) is 11.4 Å². The van der Waals surface area contributed by atoms with Gasteiger partial charge in [-0.3, -0.25) is 14.4 Å². The molecule has 22 heavy (non-hydrogen) atoms. The van der Waals surface area contributed by atoms with Crippen LogP contribution in [0.1, 0.15) is 48.8 Å². The summed E-state index contributed by atoms with van der Waals surface area (Å²) in [6.45, 7) is 6.05. The lowest BCUT2D eigenvalue weighted by atomic mass is 9.85. The molecule has 0 aliphatic carbocycles. The monoisotopic (exact) mass is 296 g/mol. The standard InChI is InChI=1S/C18H20N2O2/c1-18(2,3)13-11-12(6-7-16(13)21)17(22)20-10-8-14-15(20)5-4-9-19-14/h6-11,21H,4-5H2,1-3H3. The summed E-state index contributed by atoms with van der Waals surface area (Å²) in [5.74, 6) is 0.145. The molecule has 2 heterocycles. The zero-order valence-corrected chi connectivity index (χ0v) is 13.1. The van der Waals surface area contributed by atoms with Crippen molar-refractivity contribution in [2.24, 2.45) is 4.99 Å². The van der Waals surface area contributed by atoms with Gasteiger partial charge in [-0.2, -0.15) is 0 Å². The number of fused-ring (bicyclic) bond motifs is 1. The maximum Gasteiger partial charge on any atom is 0.262 e. The molecule has 4 heteroatoms. The molecular weight excluding hydrogens is 276 g/mol. The Morgan fingerprint density at radius 2 is 2.05 bits per heavy atom. The predicted octanol–water partition coefficient (Wildman–Crippen LogP) is 3.83. The first-order chi connectivity index (χ1) is 10.4. The number of aliphatic imine (C=N–C) groups is 1. The molecule has 1 N–H and O–H groups in total. The van der Waals surface area contributed by atoms with Crippen molar-refractivity contribution in [3.63, 3.8) is 0 Å². The summed E-state index contributed by atoms with van der Waals surface area (Å²) >= 11 is 0. The molecule has 0 fully saturated rings. The number of carbonyl (C=O) groups is 1. The number of benzene rings is 1. The van der Waals surface area contributed by atoms with E-state index in [0.717, 1.165) is 29.8 Å². The number of rotatable bonds is 1. The summed E-state index contributed by atoms with van der Waals surface area (Å²) in [5, 5.41) is 10.0. The number of aromatic hydroxyl groups is 1. The number of phenolic OH excluding ortho intramolecular Hbond substituents is 1. The van der Waals surface area contributed by atoms with E-state index in [2.05, 4.69) is 4.99 Å². The van der Waals surface area contributed by atoms with Crippen LogP contribution in [0.4, 0.5) is 5.69 Å². The normalized spacial score (nSPS) is 14.0. The molecule has 1 aliphatic heterocycles. The average Bonchev–Trinajstić information content (AvgIpc) is 2.89. The van der Waals surface area contributed by atoms with E-state index >= 15 is 0 Å². The second-order valence-corrected chi connectivity index (χ2v) is 6.66. The van der Waals surface area contributed by atoms with E-state index < -0.39 is 0 Å². The number of hydrogen-bond acceptors (Lipinski definition) is 3. The van der Waals surface area contributed by atoms with Crippen LogP contribution in [0.3, 0.4) is 0 Å². The van der Waals surface area contributed by atoms with Crippen LogP contribution in [0.25, 0.3) is 0 Å². The van der Waals surface area contributed by atoms with E-state index in [0.29, 0.717) is 5.56 Å². The largest absolute Gasteiger partial charge is 0.508 e. The Hall–Kier alpha value is -2.36. The van der Waals surface area contributed by atoms with Crippen LogP contribution in [0.2, 0.25) is 0 Å². The van der Waals surface area contributed by atoms with Crippen LogP contribution in [-0.4, -0.2) is 21.8 Å². The average molecular weight is 296 g/mol. The summed E-state index contributed by atoms with van der Waals surface area (Å²) in [4.78, 5) is 17.1. The molecule has 1 aromatic carbocycles. The molecule has 0 amide bonds. The Labute approximate surface area is 130 Å². The fourth-order valence-corrected chi connectivity index (χ4v) is 2.78. The van der Waals surface area contributed by atoms with Crippen molar-refractivity contribution >= 4 is 17.8 Å². The SMILES string of the molecule is CC(C)(C)c1cc(C(=O)n2ccc3c2CCC=N3)ccc1O. The minimum absolute atomic E-state index is 0.0798. The minimum atomic E-state index is -0.221. The molecule has 0 saturated heterocycles. The second-order valence-electron chi connectivity index (χ2n) is 6.66. The zero-order valence-electron chi connectivity index (χ0n) is 13.1. The van der Waals surface area contributed by atoms with Gasteiger partial charge in [0, 0.05) is 23.5 Å². The molecule has 0 atom stereocenters. The van der Waals surface area contributed by atoms with Gasteiger partial charge in [0.15, 0.2) is 0 Å². The Bertz CT molecular complexity index is 764. The fraction of sp³-hybridized carbons (Fsp3) is 0.333. The maximum atomic E-state index is 12.8. The minimum Gasteiger partial charge on any atom is -0.508 e. The van der Waals surface area contributed by atoms with E-state index in [1.807, 2.05) is 33.1 Å². The molecule has 3 rings (SSSR count). The van der Waals surface area contributed by atoms with E-state index in [-0.39, 0.29) is 17.1 Å². The van der Waals surface area contributed by atoms with E-state index in [9.17, 15) is 9.90 Å². The molecule has 1 aliphatic rings. The van der Waals surface area contributed by atoms with Gasteiger partial charge >= 0.3 is 0 Å². The van der Waals surface area contributed by atoms with Crippen molar-refractivity contribution in [2.75, 3.05) is 0 Å². The molecule has 0 bridgehead atoms. The van der Waals surface area contributed by atoms with Gasteiger partial charge in [-0.15, -0.1) is 0 Å². The highest BCUT2D eigenvalue weighted by Crippen LogP contribution is 2.32. The number of phenols is 1. The lowest BCUT2D eigenvalue weighted by Crippen LogP contribution is -2.17. The number of aromatic nitrogens is 1. The van der Waals surface area contributed by atoms with Gasteiger partial charge < -0.3 is 5.11 Å². The predicted molar refractivity (Wildman–Crippen MR) is 87.4 cm³/mol. The second kappa shape index (κ2) is 5.13. The molecule has 0 saturated carbocycles. The Balaban J connectivity index is 2.03. The van der Waals surface area contributed by atoms with Gasteiger partial charge in [0.25, 0.3) is 5.91 Å². The van der Waals surface area contributed by atoms with Crippen LogP contribution in [0, 0.1) is 0 Å². The molecule has 0 spiro atoms. The Morgan fingerprint density at radius 3 is 2.77 bits per heavy atom. The van der Waals surface area contributed by atoms with Gasteiger partial charge in [-0.1, -0.05) is 20.8 Å². The Morgan fingerprint density at radius 1 is 1.27 bits per heavy atom. The molecule has 2 aromatic rings. The first-order valence-corrected chi connectivity index (χ1v) is 7.49. The summed E-state index contributed by atoms with van der Waals surface area (Å²) in [6, 6.07) is 6.93. The highest BCUT2D eigenvalue weighted by atomic mass is 16.3. The van der Waals surface area contributed by atoms with Crippen molar-refractivity contribution in [3.8, 4) is 5.75 Å². The van der Waals surface area contributed by atoms with E-state index in [1.165, 1.54) is 0 Å². The molecule has 0 radical (unpaired) electrons. The third-order valence-electron chi connectivity index (χ3n) is 3.98. The third kappa shape index (κ3) is 2.45. The zero-order chi connectivity index (χ0) is 15.9. The molecule has 4 nitrogen and oxygen atoms in total. The van der Waals surface area contributed by atoms with Crippen molar-refractivity contribution in [1.82, 2.24) is 4.57 Å². The lowest BCUT2D eigenvalue weighted by Gasteiger charge is -2.21. The van der Waals surface area contributed by atoms with E-state index in [1.54, 1.807) is 29.0 Å². The van der Waals surface area contributed by atoms with Crippen LogP contribution >= 0.6 is 0 Å². The number of carbonyl (C=O) groups excluding carboxylic acids is 1. The summed E-state index contributed by atoms with van der Waals surface area (Å²) < 4.78 is 1.67. The molecular formula is C18H20N2O2. The van der Waals surface area contributed by atoms with Gasteiger partial charge in [-0.05, 0) is 42.5 Å². The van der Waals surface area contributed by atoms with Crippen molar-refractivity contribution in [1.29, 1.82) is 0 Å². The highest BCUT2D eigenvalue weighted by Gasteiger charge is 2.22. The van der Waals surface area contributed by atoms with E-state index in [4.69, 9.17) is 0 Å². The first-order valence-electron chi connectivity index (χ1n) is 7.49. The first kappa shape index (κ1) is 14.6. The van der Waals surface area contributed by atoms with Gasteiger partial charge in [0.1, 0.15) is 5.75 Å². The number of nitrogens with zero attached hydrogens (tertiary/aromatic N) is 2. The molecule has 114 valence electrons. The highest BCUT2D eigenvalue weighted by molar-refractivity contribution is 5.97. The lowest BCUT2D eigenvalue weighted by molar-refractivity contribution is 0.0957. The fourth-order valence-electron chi connectivity index (χ4n) is 2.78. The van der Waals surface area contributed by atoms with Crippen LogP contribution < -0.4 is 0 Å². The van der Waals surface area contributed by atoms with Gasteiger partial charge in [0.2, 0.25) is 0 Å². The van der Waals surface area contributed by atoms with Crippen molar-refractivity contribution in [3.05, 3.63) is 47.3 Å². The third-order valence-corrected chi connectivity index (χ3v) is 3.98. The molecule has 0 unspecified atom stereocenters. The van der Waals surface area contributed by atoms with Crippen LogP contribution in [-0.2, 0) is 11.8 Å². The smallest absolute Gasteiger partial charge is 0.262 e. The van der Waals surface area contributed by atoms with Crippen molar-refractivity contribution in [2.45, 2.75) is 39.0 Å². The summed E-state index contributed by atoms with van der Waals surface area (Å²) in [7, 11) is 0. The topological polar surface area (TPSA) is 54.6 Å². The maximum absolute atomic E-state index is 12.8. The Kier molecular flexibility index (Phi) is 3.39. The van der Waals surface area contributed by atoms with Gasteiger partial charge in [-0.25, -0.2) is 0 Å². The van der Waals surface area contributed by atoms with Crippen molar-refractivity contribution < 1.29 is 9.90 Å².